The van der Waals surface area contributed by atoms with E-state index in [2.05, 4.69) is 18.7 Å². The fourth-order valence-corrected chi connectivity index (χ4v) is 4.32. The highest BCUT2D eigenvalue weighted by Gasteiger charge is 2.52. The minimum absolute atomic E-state index is 0.0845. The summed E-state index contributed by atoms with van der Waals surface area (Å²) in [5.41, 5.74) is 3.16. The third-order valence-electron chi connectivity index (χ3n) is 5.75. The van der Waals surface area contributed by atoms with Crippen molar-refractivity contribution in [2.75, 3.05) is 13.2 Å². The van der Waals surface area contributed by atoms with Crippen molar-refractivity contribution in [3.8, 4) is 0 Å². The van der Waals surface area contributed by atoms with Gasteiger partial charge < -0.3 is 23.7 Å². The summed E-state index contributed by atoms with van der Waals surface area (Å²) in [4.78, 5) is 0. The van der Waals surface area contributed by atoms with Crippen molar-refractivity contribution in [1.29, 1.82) is 0 Å². The molecule has 3 heterocycles. The van der Waals surface area contributed by atoms with Crippen LogP contribution in [0, 0.1) is 0 Å². The van der Waals surface area contributed by atoms with E-state index >= 15 is 0 Å². The van der Waals surface area contributed by atoms with E-state index < -0.39 is 6.29 Å². The maximum Gasteiger partial charge on any atom is 0.184 e. The van der Waals surface area contributed by atoms with Crippen LogP contribution >= 0.6 is 0 Å². The van der Waals surface area contributed by atoms with Crippen LogP contribution in [-0.2, 0) is 30.3 Å². The van der Waals surface area contributed by atoms with E-state index in [4.69, 9.17) is 23.7 Å². The maximum atomic E-state index is 6.41. The van der Waals surface area contributed by atoms with Crippen molar-refractivity contribution >= 4 is 0 Å². The van der Waals surface area contributed by atoms with Gasteiger partial charge in [0.25, 0.3) is 0 Å². The molecule has 0 aromatic heterocycles. The standard InChI is InChI=1S/C24H26O5/c1-16-12-19-21(25-13-16)23(26-14-17-8-4-2-5-9-17)22-20(28-19)15-27-24(29-22)18-10-6-3-7-11-18/h2-11,19-24H,1,12-15H2/t19-,20-,21-,22-,23-,24-/m1/s1. The molecule has 0 radical (unpaired) electrons. The van der Waals surface area contributed by atoms with E-state index in [1.165, 1.54) is 0 Å². The van der Waals surface area contributed by atoms with Gasteiger partial charge in [-0.25, -0.2) is 0 Å². The minimum Gasteiger partial charge on any atom is -0.368 e. The van der Waals surface area contributed by atoms with E-state index in [0.29, 0.717) is 19.8 Å². The lowest BCUT2D eigenvalue weighted by molar-refractivity contribution is -0.341. The third-order valence-corrected chi connectivity index (χ3v) is 5.75. The van der Waals surface area contributed by atoms with Crippen molar-refractivity contribution in [3.05, 3.63) is 83.9 Å². The van der Waals surface area contributed by atoms with Crippen LogP contribution in [0.1, 0.15) is 23.8 Å². The molecule has 2 aromatic carbocycles. The van der Waals surface area contributed by atoms with E-state index in [1.807, 2.05) is 48.5 Å². The van der Waals surface area contributed by atoms with E-state index in [-0.39, 0.29) is 30.5 Å². The normalized spacial score (nSPS) is 34.3. The average molecular weight is 394 g/mol. The van der Waals surface area contributed by atoms with Gasteiger partial charge in [0.2, 0.25) is 0 Å². The Hall–Kier alpha value is -2.02. The molecule has 5 heteroatoms. The molecule has 3 aliphatic heterocycles. The Morgan fingerprint density at radius 3 is 2.41 bits per heavy atom. The molecular formula is C24H26O5. The Balaban J connectivity index is 1.37. The summed E-state index contributed by atoms with van der Waals surface area (Å²) in [5.74, 6) is 0. The van der Waals surface area contributed by atoms with E-state index in [0.717, 1.165) is 23.1 Å². The third kappa shape index (κ3) is 4.02. The molecule has 152 valence electrons. The van der Waals surface area contributed by atoms with Crippen molar-refractivity contribution < 1.29 is 23.7 Å². The summed E-state index contributed by atoms with van der Waals surface area (Å²) in [5, 5.41) is 0. The van der Waals surface area contributed by atoms with Crippen LogP contribution in [-0.4, -0.2) is 43.7 Å². The number of hydrogen-bond donors (Lipinski definition) is 0. The molecule has 0 saturated carbocycles. The number of rotatable bonds is 4. The van der Waals surface area contributed by atoms with Gasteiger partial charge in [0, 0.05) is 5.56 Å². The first-order valence-corrected chi connectivity index (χ1v) is 10.2. The molecule has 5 nitrogen and oxygen atoms in total. The largest absolute Gasteiger partial charge is 0.368 e. The molecule has 3 saturated heterocycles. The van der Waals surface area contributed by atoms with Crippen LogP contribution in [0.3, 0.4) is 0 Å². The Morgan fingerprint density at radius 2 is 1.62 bits per heavy atom. The molecule has 29 heavy (non-hydrogen) atoms. The molecular weight excluding hydrogens is 368 g/mol. The first-order valence-electron chi connectivity index (χ1n) is 10.2. The van der Waals surface area contributed by atoms with Gasteiger partial charge in [-0.3, -0.25) is 0 Å². The summed E-state index contributed by atoms with van der Waals surface area (Å²) < 4.78 is 31.2. The zero-order valence-electron chi connectivity index (χ0n) is 16.3. The quantitative estimate of drug-likeness (QED) is 0.739. The van der Waals surface area contributed by atoms with Crippen molar-refractivity contribution in [2.24, 2.45) is 0 Å². The lowest BCUT2D eigenvalue weighted by Crippen LogP contribution is -2.64. The van der Waals surface area contributed by atoms with E-state index in [1.54, 1.807) is 0 Å². The fourth-order valence-electron chi connectivity index (χ4n) is 4.32. The summed E-state index contributed by atoms with van der Waals surface area (Å²) in [6, 6.07) is 20.2. The Labute approximate surface area is 171 Å². The highest BCUT2D eigenvalue weighted by molar-refractivity contribution is 5.17. The summed E-state index contributed by atoms with van der Waals surface area (Å²) in [7, 11) is 0. The molecule has 3 fully saturated rings. The van der Waals surface area contributed by atoms with Crippen LogP contribution in [0.2, 0.25) is 0 Å². The summed E-state index contributed by atoms with van der Waals surface area (Å²) in [6.45, 7) is 5.57. The second kappa shape index (κ2) is 8.38. The molecule has 3 aliphatic rings. The van der Waals surface area contributed by atoms with Gasteiger partial charge >= 0.3 is 0 Å². The van der Waals surface area contributed by atoms with Gasteiger partial charge in [-0.05, 0) is 17.6 Å². The Kier molecular flexibility index (Phi) is 5.48. The number of fused-ring (bicyclic) bond motifs is 2. The van der Waals surface area contributed by atoms with Crippen LogP contribution in [0.4, 0.5) is 0 Å². The van der Waals surface area contributed by atoms with Gasteiger partial charge in [-0.1, -0.05) is 67.2 Å². The molecule has 0 N–H and O–H groups in total. The van der Waals surface area contributed by atoms with Crippen molar-refractivity contribution in [2.45, 2.75) is 49.8 Å². The minimum atomic E-state index is -0.431. The van der Waals surface area contributed by atoms with Crippen LogP contribution in [0.25, 0.3) is 0 Å². The molecule has 5 rings (SSSR count). The smallest absolute Gasteiger partial charge is 0.184 e. The monoisotopic (exact) mass is 394 g/mol. The second-order valence-electron chi connectivity index (χ2n) is 7.88. The number of ether oxygens (including phenoxy) is 5. The molecule has 0 unspecified atom stereocenters. The summed E-state index contributed by atoms with van der Waals surface area (Å²) >= 11 is 0. The first-order chi connectivity index (χ1) is 14.3. The topological polar surface area (TPSA) is 46.2 Å². The van der Waals surface area contributed by atoms with E-state index in [9.17, 15) is 0 Å². The summed E-state index contributed by atoms with van der Waals surface area (Å²) in [6.07, 6.45) is -0.599. The van der Waals surface area contributed by atoms with Gasteiger partial charge in [-0.15, -0.1) is 0 Å². The van der Waals surface area contributed by atoms with Gasteiger partial charge in [-0.2, -0.15) is 0 Å². The molecule has 0 aliphatic carbocycles. The fraction of sp³-hybridized carbons (Fsp3) is 0.417. The molecule has 0 amide bonds. The molecule has 0 spiro atoms. The van der Waals surface area contributed by atoms with Gasteiger partial charge in [0.05, 0.1) is 25.9 Å². The van der Waals surface area contributed by atoms with Gasteiger partial charge in [0.15, 0.2) is 6.29 Å². The van der Waals surface area contributed by atoms with Gasteiger partial charge in [0.1, 0.15) is 24.4 Å². The average Bonchev–Trinajstić information content (AvgIpc) is 2.77. The van der Waals surface area contributed by atoms with Crippen molar-refractivity contribution in [1.82, 2.24) is 0 Å². The SMILES string of the molecule is C=C1CO[C@H]2[C@@H](OCc3ccccc3)[C@@H]3O[C@H](c4ccccc4)OC[C@H]3O[C@@H]2C1. The predicted octanol–water partition coefficient (Wildman–Crippen LogP) is 3.80. The zero-order valence-corrected chi connectivity index (χ0v) is 16.3. The predicted molar refractivity (Wildman–Crippen MR) is 107 cm³/mol. The lowest BCUT2D eigenvalue weighted by Gasteiger charge is -2.50. The Morgan fingerprint density at radius 1 is 0.862 bits per heavy atom. The lowest BCUT2D eigenvalue weighted by atomic mass is 9.89. The van der Waals surface area contributed by atoms with Crippen LogP contribution in [0.5, 0.6) is 0 Å². The highest BCUT2D eigenvalue weighted by Crippen LogP contribution is 2.39. The zero-order chi connectivity index (χ0) is 19.6. The van der Waals surface area contributed by atoms with Crippen LogP contribution in [0.15, 0.2) is 72.8 Å². The second-order valence-corrected chi connectivity index (χ2v) is 7.88. The van der Waals surface area contributed by atoms with Crippen LogP contribution < -0.4 is 0 Å². The highest BCUT2D eigenvalue weighted by atomic mass is 16.7. The van der Waals surface area contributed by atoms with Crippen molar-refractivity contribution in [3.63, 3.8) is 0 Å². The molecule has 6 atom stereocenters. The molecule has 0 bridgehead atoms. The Bertz CT molecular complexity index is 824. The maximum absolute atomic E-state index is 6.41. The molecule has 2 aromatic rings. The number of benzene rings is 2. The first kappa shape index (κ1) is 19.0. The number of hydrogen-bond acceptors (Lipinski definition) is 5.